The zero-order chi connectivity index (χ0) is 19.9. The van der Waals surface area contributed by atoms with Gasteiger partial charge < -0.3 is 9.30 Å². The van der Waals surface area contributed by atoms with E-state index in [1.54, 1.807) is 24.3 Å². The number of methoxy groups -OCH3 is 1. The SMILES string of the molecule is CCCCc1nc2ccccc2n1CC(=O)NNC(=O)c1cccc(OC)c1. The number of rotatable bonds is 7. The highest BCUT2D eigenvalue weighted by atomic mass is 16.5. The highest BCUT2D eigenvalue weighted by Gasteiger charge is 2.14. The normalized spacial score (nSPS) is 10.6. The number of carbonyl (C=O) groups excluding carboxylic acids is 2. The predicted molar refractivity (Wildman–Crippen MR) is 107 cm³/mol. The van der Waals surface area contributed by atoms with Gasteiger partial charge in [-0.1, -0.05) is 31.5 Å². The molecule has 0 bridgehead atoms. The van der Waals surface area contributed by atoms with Crippen LogP contribution in [0.1, 0.15) is 35.9 Å². The lowest BCUT2D eigenvalue weighted by atomic mass is 10.2. The van der Waals surface area contributed by atoms with Crippen molar-refractivity contribution in [3.63, 3.8) is 0 Å². The van der Waals surface area contributed by atoms with Crippen LogP contribution >= 0.6 is 0 Å². The maximum atomic E-state index is 12.4. The fourth-order valence-electron chi connectivity index (χ4n) is 2.97. The van der Waals surface area contributed by atoms with Crippen molar-refractivity contribution in [1.29, 1.82) is 0 Å². The van der Waals surface area contributed by atoms with E-state index >= 15 is 0 Å². The van der Waals surface area contributed by atoms with Gasteiger partial charge in [-0.25, -0.2) is 4.98 Å². The smallest absolute Gasteiger partial charge is 0.269 e. The summed E-state index contributed by atoms with van der Waals surface area (Å²) in [7, 11) is 1.53. The maximum Gasteiger partial charge on any atom is 0.269 e. The summed E-state index contributed by atoms with van der Waals surface area (Å²) in [6.45, 7) is 2.20. The van der Waals surface area contributed by atoms with Gasteiger partial charge in [-0.15, -0.1) is 0 Å². The first-order valence-corrected chi connectivity index (χ1v) is 9.29. The number of hydrogen-bond donors (Lipinski definition) is 2. The first-order valence-electron chi connectivity index (χ1n) is 9.29. The zero-order valence-corrected chi connectivity index (χ0v) is 16.1. The number of fused-ring (bicyclic) bond motifs is 1. The van der Waals surface area contributed by atoms with Gasteiger partial charge in [-0.05, 0) is 36.8 Å². The fourth-order valence-corrected chi connectivity index (χ4v) is 2.97. The van der Waals surface area contributed by atoms with Gasteiger partial charge in [0.1, 0.15) is 18.1 Å². The van der Waals surface area contributed by atoms with Crippen LogP contribution in [0.4, 0.5) is 0 Å². The minimum absolute atomic E-state index is 0.0813. The van der Waals surface area contributed by atoms with Crippen molar-refractivity contribution in [2.75, 3.05) is 7.11 Å². The molecule has 28 heavy (non-hydrogen) atoms. The van der Waals surface area contributed by atoms with Crippen molar-refractivity contribution in [1.82, 2.24) is 20.4 Å². The molecule has 0 spiro atoms. The Kier molecular flexibility index (Phi) is 6.26. The van der Waals surface area contributed by atoms with Crippen molar-refractivity contribution in [2.24, 2.45) is 0 Å². The van der Waals surface area contributed by atoms with Gasteiger partial charge in [0, 0.05) is 12.0 Å². The fraction of sp³-hybridized carbons (Fsp3) is 0.286. The molecule has 1 aromatic heterocycles. The number of nitrogens with one attached hydrogen (secondary N) is 2. The number of benzene rings is 2. The first kappa shape index (κ1) is 19.4. The van der Waals surface area contributed by atoms with Gasteiger partial charge >= 0.3 is 0 Å². The van der Waals surface area contributed by atoms with E-state index in [0.717, 1.165) is 36.1 Å². The quantitative estimate of drug-likeness (QED) is 0.617. The Morgan fingerprint density at radius 2 is 1.93 bits per heavy atom. The largest absolute Gasteiger partial charge is 0.497 e. The lowest BCUT2D eigenvalue weighted by Gasteiger charge is -2.11. The zero-order valence-electron chi connectivity index (χ0n) is 16.1. The van der Waals surface area contributed by atoms with Crippen LogP contribution in [0.2, 0.25) is 0 Å². The second-order valence-corrected chi connectivity index (χ2v) is 6.44. The van der Waals surface area contributed by atoms with Gasteiger partial charge in [0.25, 0.3) is 11.8 Å². The molecule has 0 saturated heterocycles. The van der Waals surface area contributed by atoms with Crippen molar-refractivity contribution in [3.8, 4) is 5.75 Å². The molecule has 0 saturated carbocycles. The average molecular weight is 380 g/mol. The van der Waals surface area contributed by atoms with Crippen molar-refractivity contribution >= 4 is 22.8 Å². The summed E-state index contributed by atoms with van der Waals surface area (Å²) in [5, 5.41) is 0. The van der Waals surface area contributed by atoms with E-state index in [0.29, 0.717) is 11.3 Å². The van der Waals surface area contributed by atoms with Gasteiger partial charge in [-0.3, -0.25) is 20.4 Å². The average Bonchev–Trinajstić information content (AvgIpc) is 3.07. The number of hydrogen-bond acceptors (Lipinski definition) is 4. The molecular weight excluding hydrogens is 356 g/mol. The molecule has 7 heteroatoms. The van der Waals surface area contributed by atoms with Crippen LogP contribution in [-0.4, -0.2) is 28.5 Å². The number of carbonyl (C=O) groups is 2. The highest BCUT2D eigenvalue weighted by Crippen LogP contribution is 2.17. The molecule has 0 atom stereocenters. The van der Waals surface area contributed by atoms with E-state index in [1.165, 1.54) is 7.11 Å². The summed E-state index contributed by atoms with van der Waals surface area (Å²) in [6, 6.07) is 14.4. The molecule has 0 fully saturated rings. The second kappa shape index (κ2) is 9.03. The van der Waals surface area contributed by atoms with Crippen LogP contribution < -0.4 is 15.6 Å². The summed E-state index contributed by atoms with van der Waals surface area (Å²) < 4.78 is 7.01. The number of aromatic nitrogens is 2. The monoisotopic (exact) mass is 380 g/mol. The Hall–Kier alpha value is -3.35. The van der Waals surface area contributed by atoms with E-state index in [4.69, 9.17) is 4.74 Å². The summed E-state index contributed by atoms with van der Waals surface area (Å²) in [5.74, 6) is 0.716. The molecule has 0 aliphatic heterocycles. The molecule has 7 nitrogen and oxygen atoms in total. The maximum absolute atomic E-state index is 12.4. The van der Waals surface area contributed by atoms with Crippen LogP contribution in [-0.2, 0) is 17.8 Å². The third-order valence-corrected chi connectivity index (χ3v) is 4.44. The number of amides is 2. The number of nitrogens with zero attached hydrogens (tertiary/aromatic N) is 2. The predicted octanol–water partition coefficient (Wildman–Crippen LogP) is 2.85. The molecule has 0 unspecified atom stereocenters. The number of hydrazine groups is 1. The third kappa shape index (κ3) is 4.49. The van der Waals surface area contributed by atoms with E-state index in [2.05, 4.69) is 22.8 Å². The Bertz CT molecular complexity index is 981. The van der Waals surface area contributed by atoms with Crippen molar-refractivity contribution < 1.29 is 14.3 Å². The molecule has 0 radical (unpaired) electrons. The Morgan fingerprint density at radius 1 is 1.11 bits per heavy atom. The molecule has 2 aromatic carbocycles. The number of unbranched alkanes of at least 4 members (excludes halogenated alkanes) is 1. The summed E-state index contributed by atoms with van der Waals surface area (Å²) in [6.07, 6.45) is 2.85. The standard InChI is InChI=1S/C21H24N4O3/c1-3-4-12-19-22-17-10-5-6-11-18(17)25(19)14-20(26)23-24-21(27)15-8-7-9-16(13-15)28-2/h5-11,13H,3-4,12,14H2,1-2H3,(H,23,26)(H,24,27). The Morgan fingerprint density at radius 3 is 2.71 bits per heavy atom. The summed E-state index contributed by atoms with van der Waals surface area (Å²) >= 11 is 0. The minimum Gasteiger partial charge on any atom is -0.497 e. The first-order chi connectivity index (χ1) is 13.6. The molecule has 146 valence electrons. The van der Waals surface area contributed by atoms with E-state index in [-0.39, 0.29) is 12.5 Å². The van der Waals surface area contributed by atoms with Crippen LogP contribution in [0.3, 0.4) is 0 Å². The number of ether oxygens (including phenoxy) is 1. The van der Waals surface area contributed by atoms with Gasteiger partial charge in [0.05, 0.1) is 18.1 Å². The summed E-state index contributed by atoms with van der Waals surface area (Å²) in [5.41, 5.74) is 7.09. The Labute approximate surface area is 163 Å². The molecular formula is C21H24N4O3. The lowest BCUT2D eigenvalue weighted by Crippen LogP contribution is -2.43. The van der Waals surface area contributed by atoms with Crippen LogP contribution in [0.15, 0.2) is 48.5 Å². The van der Waals surface area contributed by atoms with Crippen LogP contribution in [0, 0.1) is 0 Å². The van der Waals surface area contributed by atoms with Crippen molar-refractivity contribution in [3.05, 3.63) is 59.9 Å². The minimum atomic E-state index is -0.408. The molecule has 0 aliphatic rings. The van der Waals surface area contributed by atoms with Gasteiger partial charge in [0.2, 0.25) is 0 Å². The Balaban J connectivity index is 1.68. The number of para-hydroxylation sites is 2. The molecule has 1 heterocycles. The van der Waals surface area contributed by atoms with E-state index < -0.39 is 5.91 Å². The summed E-state index contributed by atoms with van der Waals surface area (Å²) in [4.78, 5) is 29.3. The molecule has 3 aromatic rings. The molecule has 2 N–H and O–H groups in total. The van der Waals surface area contributed by atoms with Crippen molar-refractivity contribution in [2.45, 2.75) is 32.7 Å². The second-order valence-electron chi connectivity index (χ2n) is 6.44. The highest BCUT2D eigenvalue weighted by molar-refractivity contribution is 5.95. The van der Waals surface area contributed by atoms with Gasteiger partial charge in [0.15, 0.2) is 0 Å². The number of imidazole rings is 1. The molecule has 0 aliphatic carbocycles. The van der Waals surface area contributed by atoms with Gasteiger partial charge in [-0.2, -0.15) is 0 Å². The van der Waals surface area contributed by atoms with Crippen LogP contribution in [0.25, 0.3) is 11.0 Å². The molecule has 2 amide bonds. The lowest BCUT2D eigenvalue weighted by molar-refractivity contribution is -0.122. The van der Waals surface area contributed by atoms with Crippen LogP contribution in [0.5, 0.6) is 5.75 Å². The van der Waals surface area contributed by atoms with E-state index in [9.17, 15) is 9.59 Å². The molecule has 3 rings (SSSR count). The number of aryl methyl sites for hydroxylation is 1. The third-order valence-electron chi connectivity index (χ3n) is 4.44. The van der Waals surface area contributed by atoms with E-state index in [1.807, 2.05) is 28.8 Å². The topological polar surface area (TPSA) is 85.3 Å².